The Morgan fingerprint density at radius 3 is 2.74 bits per heavy atom. The Labute approximate surface area is 112 Å². The number of nitrogens with zero attached hydrogens (tertiary/aromatic N) is 1. The monoisotopic (exact) mass is 258 g/mol. The van der Waals surface area contributed by atoms with Crippen molar-refractivity contribution in [2.45, 2.75) is 26.7 Å². The molecule has 4 heteroatoms. The van der Waals surface area contributed by atoms with Gasteiger partial charge in [-0.25, -0.2) is 0 Å². The summed E-state index contributed by atoms with van der Waals surface area (Å²) in [6.07, 6.45) is 2.02. The third-order valence-electron chi connectivity index (χ3n) is 2.89. The number of aromatic nitrogens is 1. The van der Waals surface area contributed by atoms with Crippen LogP contribution in [0.3, 0.4) is 0 Å². The van der Waals surface area contributed by atoms with Crippen LogP contribution in [0.4, 0.5) is 0 Å². The van der Waals surface area contributed by atoms with Crippen molar-refractivity contribution in [2.24, 2.45) is 0 Å². The number of carbonyl (C=O) groups is 1. The molecule has 4 nitrogen and oxygen atoms in total. The van der Waals surface area contributed by atoms with E-state index in [0.717, 1.165) is 18.4 Å². The highest BCUT2D eigenvalue weighted by Gasteiger charge is 2.12. The third-order valence-corrected chi connectivity index (χ3v) is 2.89. The molecule has 0 saturated carbocycles. The highest BCUT2D eigenvalue weighted by molar-refractivity contribution is 5.93. The van der Waals surface area contributed by atoms with Crippen molar-refractivity contribution in [3.63, 3.8) is 0 Å². The molecule has 1 heterocycles. The first kappa shape index (κ1) is 13.3. The van der Waals surface area contributed by atoms with Crippen LogP contribution < -0.4 is 5.32 Å². The summed E-state index contributed by atoms with van der Waals surface area (Å²) < 4.78 is 5.21. The van der Waals surface area contributed by atoms with E-state index < -0.39 is 0 Å². The molecule has 1 amide bonds. The molecule has 0 spiro atoms. The molecule has 1 aromatic heterocycles. The van der Waals surface area contributed by atoms with Crippen molar-refractivity contribution in [1.29, 1.82) is 0 Å². The number of unbranched alkanes of at least 4 members (excludes halogenated alkanes) is 1. The van der Waals surface area contributed by atoms with E-state index in [1.807, 2.05) is 31.2 Å². The van der Waals surface area contributed by atoms with Crippen molar-refractivity contribution in [3.05, 3.63) is 41.6 Å². The summed E-state index contributed by atoms with van der Waals surface area (Å²) in [7, 11) is 0. The molecule has 1 N–H and O–H groups in total. The zero-order valence-corrected chi connectivity index (χ0v) is 11.3. The molecule has 0 saturated heterocycles. The topological polar surface area (TPSA) is 55.1 Å². The van der Waals surface area contributed by atoms with Gasteiger partial charge < -0.3 is 9.84 Å². The SMILES string of the molecule is CCCCNC(=O)c1cc(-c2ccc(C)cc2)on1. The molecule has 100 valence electrons. The second-order valence-corrected chi connectivity index (χ2v) is 4.55. The maximum Gasteiger partial charge on any atom is 0.273 e. The lowest BCUT2D eigenvalue weighted by Gasteiger charge is -1.99. The van der Waals surface area contributed by atoms with Crippen LogP contribution in [0.25, 0.3) is 11.3 Å². The molecule has 0 aliphatic carbocycles. The average molecular weight is 258 g/mol. The third kappa shape index (κ3) is 3.44. The van der Waals surface area contributed by atoms with Crippen molar-refractivity contribution < 1.29 is 9.32 Å². The van der Waals surface area contributed by atoms with E-state index in [9.17, 15) is 4.79 Å². The molecular weight excluding hydrogens is 240 g/mol. The lowest BCUT2D eigenvalue weighted by Crippen LogP contribution is -2.24. The number of rotatable bonds is 5. The van der Waals surface area contributed by atoms with Gasteiger partial charge in [-0.2, -0.15) is 0 Å². The number of benzene rings is 1. The standard InChI is InChI=1S/C15H18N2O2/c1-3-4-9-16-15(18)13-10-14(19-17-13)12-7-5-11(2)6-8-12/h5-8,10H,3-4,9H2,1-2H3,(H,16,18). The Hall–Kier alpha value is -2.10. The molecule has 0 radical (unpaired) electrons. The fourth-order valence-corrected chi connectivity index (χ4v) is 1.71. The Morgan fingerprint density at radius 2 is 2.05 bits per heavy atom. The van der Waals surface area contributed by atoms with Gasteiger partial charge in [0.1, 0.15) is 0 Å². The summed E-state index contributed by atoms with van der Waals surface area (Å²) >= 11 is 0. The number of nitrogens with one attached hydrogen (secondary N) is 1. The molecular formula is C15H18N2O2. The average Bonchev–Trinajstić information content (AvgIpc) is 2.89. The molecule has 1 aromatic carbocycles. The highest BCUT2D eigenvalue weighted by Crippen LogP contribution is 2.20. The lowest BCUT2D eigenvalue weighted by molar-refractivity contribution is 0.0944. The van der Waals surface area contributed by atoms with Crippen LogP contribution >= 0.6 is 0 Å². The predicted octanol–water partition coefficient (Wildman–Crippen LogP) is 3.18. The van der Waals surface area contributed by atoms with Gasteiger partial charge in [-0.15, -0.1) is 0 Å². The van der Waals surface area contributed by atoms with Gasteiger partial charge in [0.25, 0.3) is 5.91 Å². The Balaban J connectivity index is 2.06. The van der Waals surface area contributed by atoms with Gasteiger partial charge in [-0.05, 0) is 13.3 Å². The van der Waals surface area contributed by atoms with Crippen LogP contribution in [-0.4, -0.2) is 17.6 Å². The van der Waals surface area contributed by atoms with E-state index in [1.54, 1.807) is 6.07 Å². The normalized spacial score (nSPS) is 10.4. The van der Waals surface area contributed by atoms with Crippen LogP contribution in [0.1, 0.15) is 35.8 Å². The van der Waals surface area contributed by atoms with Crippen molar-refractivity contribution in [2.75, 3.05) is 6.54 Å². The largest absolute Gasteiger partial charge is 0.355 e. The molecule has 2 rings (SSSR count). The van der Waals surface area contributed by atoms with Gasteiger partial charge in [0.15, 0.2) is 11.5 Å². The van der Waals surface area contributed by atoms with Gasteiger partial charge in [0, 0.05) is 18.2 Å². The minimum atomic E-state index is -0.185. The Bertz CT molecular complexity index is 544. The van der Waals surface area contributed by atoms with Crippen molar-refractivity contribution in [1.82, 2.24) is 10.5 Å². The zero-order chi connectivity index (χ0) is 13.7. The summed E-state index contributed by atoms with van der Waals surface area (Å²) in [5.41, 5.74) is 2.43. The molecule has 2 aromatic rings. The quantitative estimate of drug-likeness (QED) is 0.838. The summed E-state index contributed by atoms with van der Waals surface area (Å²) in [6.45, 7) is 4.77. The van der Waals surface area contributed by atoms with E-state index >= 15 is 0 Å². The zero-order valence-electron chi connectivity index (χ0n) is 11.3. The second kappa shape index (κ2) is 6.18. The second-order valence-electron chi connectivity index (χ2n) is 4.55. The van der Waals surface area contributed by atoms with Crippen LogP contribution in [-0.2, 0) is 0 Å². The molecule has 0 fully saturated rings. The van der Waals surface area contributed by atoms with Gasteiger partial charge in [0.2, 0.25) is 0 Å². The molecule has 0 bridgehead atoms. The summed E-state index contributed by atoms with van der Waals surface area (Å²) in [4.78, 5) is 11.8. The van der Waals surface area contributed by atoms with E-state index in [0.29, 0.717) is 18.0 Å². The smallest absolute Gasteiger partial charge is 0.273 e. The summed E-state index contributed by atoms with van der Waals surface area (Å²) in [5.74, 6) is 0.427. The molecule has 0 unspecified atom stereocenters. The summed E-state index contributed by atoms with van der Waals surface area (Å²) in [6, 6.07) is 9.58. The minimum absolute atomic E-state index is 0.185. The van der Waals surface area contributed by atoms with E-state index in [2.05, 4.69) is 17.4 Å². The van der Waals surface area contributed by atoms with E-state index in [-0.39, 0.29) is 5.91 Å². The number of hydrogen-bond acceptors (Lipinski definition) is 3. The first-order valence-corrected chi connectivity index (χ1v) is 6.52. The number of carbonyl (C=O) groups excluding carboxylic acids is 1. The highest BCUT2D eigenvalue weighted by atomic mass is 16.5. The molecule has 0 aliphatic rings. The minimum Gasteiger partial charge on any atom is -0.355 e. The first-order valence-electron chi connectivity index (χ1n) is 6.52. The van der Waals surface area contributed by atoms with Gasteiger partial charge in [0.05, 0.1) is 0 Å². The van der Waals surface area contributed by atoms with Gasteiger partial charge in [-0.1, -0.05) is 48.3 Å². The van der Waals surface area contributed by atoms with Crippen LogP contribution in [0.2, 0.25) is 0 Å². The fraction of sp³-hybridized carbons (Fsp3) is 0.333. The van der Waals surface area contributed by atoms with E-state index in [1.165, 1.54) is 5.56 Å². The van der Waals surface area contributed by atoms with Gasteiger partial charge >= 0.3 is 0 Å². The molecule has 0 atom stereocenters. The lowest BCUT2D eigenvalue weighted by atomic mass is 10.1. The molecule has 19 heavy (non-hydrogen) atoms. The van der Waals surface area contributed by atoms with Crippen LogP contribution in [0.15, 0.2) is 34.9 Å². The van der Waals surface area contributed by atoms with Crippen LogP contribution in [0, 0.1) is 6.92 Å². The van der Waals surface area contributed by atoms with E-state index in [4.69, 9.17) is 4.52 Å². The first-order chi connectivity index (χ1) is 9.20. The summed E-state index contributed by atoms with van der Waals surface area (Å²) in [5, 5.41) is 6.62. The Morgan fingerprint density at radius 1 is 1.32 bits per heavy atom. The number of aryl methyl sites for hydroxylation is 1. The maximum atomic E-state index is 11.8. The maximum absolute atomic E-state index is 11.8. The fourth-order valence-electron chi connectivity index (χ4n) is 1.71. The predicted molar refractivity (Wildman–Crippen MR) is 73.9 cm³/mol. The van der Waals surface area contributed by atoms with Crippen molar-refractivity contribution >= 4 is 5.91 Å². The van der Waals surface area contributed by atoms with Crippen molar-refractivity contribution in [3.8, 4) is 11.3 Å². The Kier molecular flexibility index (Phi) is 4.34. The van der Waals surface area contributed by atoms with Crippen LogP contribution in [0.5, 0.6) is 0 Å². The number of amides is 1. The van der Waals surface area contributed by atoms with Gasteiger partial charge in [-0.3, -0.25) is 4.79 Å². The number of hydrogen-bond donors (Lipinski definition) is 1. The molecule has 0 aliphatic heterocycles.